The van der Waals surface area contributed by atoms with Gasteiger partial charge in [0.15, 0.2) is 0 Å². The summed E-state index contributed by atoms with van der Waals surface area (Å²) in [7, 11) is 0. The molecule has 0 aromatic heterocycles. The highest BCUT2D eigenvalue weighted by molar-refractivity contribution is 5.75. The normalized spacial score (nSPS) is 20.6. The summed E-state index contributed by atoms with van der Waals surface area (Å²) in [5.41, 5.74) is 0. The van der Waals surface area contributed by atoms with E-state index < -0.39 is 0 Å². The largest absolute Gasteiger partial charge is 0.466 e. The van der Waals surface area contributed by atoms with Gasteiger partial charge in [-0.25, -0.2) is 4.79 Å². The molecule has 8 heteroatoms. The van der Waals surface area contributed by atoms with Gasteiger partial charge in [-0.15, -0.1) is 0 Å². The molecule has 0 spiro atoms. The molecule has 0 radical (unpaired) electrons. The molecule has 0 unspecified atom stereocenters. The molecule has 1 heterocycles. The standard InChI is InChI=1S/C27H49N3O5/c1-4-28-15-13-16-29(19-18-28)27(33)30(24-20-23(21-24)22-26(32)35-6-3)17-12-10-8-7-9-11-14-25(31)34-5-2/h23-24H,4-22H2,1-3H3. The fourth-order valence-electron chi connectivity index (χ4n) is 5.16. The minimum atomic E-state index is -0.121. The van der Waals surface area contributed by atoms with Gasteiger partial charge in [-0.2, -0.15) is 0 Å². The highest BCUT2D eigenvalue weighted by atomic mass is 16.5. The van der Waals surface area contributed by atoms with Crippen molar-refractivity contribution >= 4 is 18.0 Å². The van der Waals surface area contributed by atoms with Crippen molar-refractivity contribution in [2.24, 2.45) is 5.92 Å². The van der Waals surface area contributed by atoms with Crippen LogP contribution in [0.4, 0.5) is 4.79 Å². The van der Waals surface area contributed by atoms with Gasteiger partial charge in [0.05, 0.1) is 13.2 Å². The lowest BCUT2D eigenvalue weighted by atomic mass is 9.77. The minimum Gasteiger partial charge on any atom is -0.466 e. The van der Waals surface area contributed by atoms with Gasteiger partial charge in [0, 0.05) is 45.1 Å². The Labute approximate surface area is 212 Å². The van der Waals surface area contributed by atoms with Crippen LogP contribution >= 0.6 is 0 Å². The minimum absolute atomic E-state index is 0.0982. The number of urea groups is 1. The highest BCUT2D eigenvalue weighted by Gasteiger charge is 2.38. The van der Waals surface area contributed by atoms with Gasteiger partial charge >= 0.3 is 18.0 Å². The summed E-state index contributed by atoms with van der Waals surface area (Å²) in [5.74, 6) is 0.108. The van der Waals surface area contributed by atoms with Crippen molar-refractivity contribution in [2.75, 3.05) is 52.5 Å². The molecule has 8 nitrogen and oxygen atoms in total. The van der Waals surface area contributed by atoms with E-state index in [1.54, 1.807) is 0 Å². The number of hydrogen-bond acceptors (Lipinski definition) is 6. The number of amides is 2. The lowest BCUT2D eigenvalue weighted by Crippen LogP contribution is -2.54. The van der Waals surface area contributed by atoms with Crippen molar-refractivity contribution in [1.29, 1.82) is 0 Å². The number of ether oxygens (including phenoxy) is 2. The number of nitrogens with zero attached hydrogens (tertiary/aromatic N) is 3. The Bertz CT molecular complexity index is 638. The van der Waals surface area contributed by atoms with Crippen molar-refractivity contribution in [3.8, 4) is 0 Å². The quantitative estimate of drug-likeness (QED) is 0.246. The first kappa shape index (κ1) is 29.4. The van der Waals surface area contributed by atoms with Crippen molar-refractivity contribution in [2.45, 2.75) is 97.4 Å². The van der Waals surface area contributed by atoms with Gasteiger partial charge in [-0.05, 0) is 65.0 Å². The zero-order chi connectivity index (χ0) is 25.5. The summed E-state index contributed by atoms with van der Waals surface area (Å²) in [6.07, 6.45) is 10.0. The second-order valence-electron chi connectivity index (χ2n) is 9.93. The van der Waals surface area contributed by atoms with Crippen molar-refractivity contribution < 1.29 is 23.9 Å². The van der Waals surface area contributed by atoms with Gasteiger partial charge in [0.25, 0.3) is 0 Å². The molecule has 1 aliphatic heterocycles. The van der Waals surface area contributed by atoms with Gasteiger partial charge in [0.1, 0.15) is 0 Å². The van der Waals surface area contributed by atoms with E-state index in [0.717, 1.165) is 97.1 Å². The molecule has 2 rings (SSSR count). The Balaban J connectivity index is 1.78. The maximum atomic E-state index is 13.5. The van der Waals surface area contributed by atoms with E-state index in [1.165, 1.54) is 0 Å². The maximum Gasteiger partial charge on any atom is 0.320 e. The van der Waals surface area contributed by atoms with Crippen molar-refractivity contribution in [3.63, 3.8) is 0 Å². The Morgan fingerprint density at radius 2 is 1.46 bits per heavy atom. The van der Waals surface area contributed by atoms with E-state index in [1.807, 2.05) is 18.7 Å². The monoisotopic (exact) mass is 495 g/mol. The Morgan fingerprint density at radius 1 is 0.800 bits per heavy atom. The summed E-state index contributed by atoms with van der Waals surface area (Å²) in [4.78, 5) is 43.4. The average Bonchev–Trinajstić information content (AvgIpc) is 3.06. The number of hydrogen-bond donors (Lipinski definition) is 0. The highest BCUT2D eigenvalue weighted by Crippen LogP contribution is 2.35. The van der Waals surface area contributed by atoms with E-state index in [0.29, 0.717) is 32.0 Å². The van der Waals surface area contributed by atoms with E-state index >= 15 is 0 Å². The Kier molecular flexibility index (Phi) is 14.1. The van der Waals surface area contributed by atoms with Crippen LogP contribution in [0.3, 0.4) is 0 Å². The molecule has 2 fully saturated rings. The van der Waals surface area contributed by atoms with Crippen LogP contribution < -0.4 is 0 Å². The van der Waals surface area contributed by atoms with E-state index in [9.17, 15) is 14.4 Å². The molecule has 1 saturated carbocycles. The number of carbonyl (C=O) groups excluding carboxylic acids is 3. The topological polar surface area (TPSA) is 79.4 Å². The van der Waals surface area contributed by atoms with Crippen molar-refractivity contribution in [3.05, 3.63) is 0 Å². The number of rotatable bonds is 15. The average molecular weight is 496 g/mol. The van der Waals surface area contributed by atoms with E-state index in [2.05, 4.69) is 16.7 Å². The molecule has 0 atom stereocenters. The summed E-state index contributed by atoms with van der Waals surface area (Å²) in [6.45, 7) is 12.2. The SMILES string of the molecule is CCOC(=O)CCCCCCCCN(C(=O)N1CCCN(CC)CC1)C1CC(CC(=O)OCC)C1. The van der Waals surface area contributed by atoms with Crippen LogP contribution in [0.1, 0.15) is 91.4 Å². The first-order valence-corrected chi connectivity index (χ1v) is 14.1. The van der Waals surface area contributed by atoms with Gasteiger partial charge in [-0.3, -0.25) is 9.59 Å². The molecule has 35 heavy (non-hydrogen) atoms. The molecule has 0 aromatic rings. The smallest absolute Gasteiger partial charge is 0.320 e. The molecule has 0 aromatic carbocycles. The summed E-state index contributed by atoms with van der Waals surface area (Å²) in [5, 5.41) is 0. The zero-order valence-electron chi connectivity index (χ0n) is 22.5. The molecule has 202 valence electrons. The fraction of sp³-hybridized carbons (Fsp3) is 0.889. The molecule has 2 aliphatic rings. The number of carbonyl (C=O) groups is 3. The molecule has 0 bridgehead atoms. The van der Waals surface area contributed by atoms with E-state index in [4.69, 9.17) is 9.47 Å². The summed E-state index contributed by atoms with van der Waals surface area (Å²) < 4.78 is 10.1. The fourth-order valence-corrected chi connectivity index (χ4v) is 5.16. The lowest BCUT2D eigenvalue weighted by molar-refractivity contribution is -0.145. The van der Waals surface area contributed by atoms with Crippen molar-refractivity contribution in [1.82, 2.24) is 14.7 Å². The molecule has 2 amide bonds. The summed E-state index contributed by atoms with van der Waals surface area (Å²) in [6, 6.07) is 0.411. The predicted octanol–water partition coefficient (Wildman–Crippen LogP) is 4.46. The third kappa shape index (κ3) is 10.8. The molecular formula is C27H49N3O5. The van der Waals surface area contributed by atoms with E-state index in [-0.39, 0.29) is 24.0 Å². The van der Waals surface area contributed by atoms with Crippen LogP contribution in [-0.4, -0.2) is 91.2 Å². The third-order valence-corrected chi connectivity index (χ3v) is 7.30. The number of likely N-dealkylation sites (N-methyl/N-ethyl adjacent to an activating group) is 1. The molecule has 1 aliphatic carbocycles. The van der Waals surface area contributed by atoms with Crippen LogP contribution in [0.15, 0.2) is 0 Å². The number of esters is 2. The lowest BCUT2D eigenvalue weighted by Gasteiger charge is -2.44. The van der Waals surface area contributed by atoms with Crippen LogP contribution in [0.2, 0.25) is 0 Å². The zero-order valence-corrected chi connectivity index (χ0v) is 22.5. The Morgan fingerprint density at radius 3 is 2.14 bits per heavy atom. The van der Waals surface area contributed by atoms with Gasteiger partial charge in [-0.1, -0.05) is 32.6 Å². The summed E-state index contributed by atoms with van der Waals surface area (Å²) >= 11 is 0. The van der Waals surface area contributed by atoms with Crippen LogP contribution in [0, 0.1) is 5.92 Å². The second-order valence-corrected chi connectivity index (χ2v) is 9.93. The third-order valence-electron chi connectivity index (χ3n) is 7.30. The van der Waals surface area contributed by atoms with Crippen LogP contribution in [-0.2, 0) is 19.1 Å². The first-order chi connectivity index (χ1) is 17.0. The molecule has 0 N–H and O–H groups in total. The molecular weight excluding hydrogens is 446 g/mol. The predicted molar refractivity (Wildman–Crippen MR) is 137 cm³/mol. The first-order valence-electron chi connectivity index (χ1n) is 14.1. The maximum absolute atomic E-state index is 13.5. The molecule has 1 saturated heterocycles. The van der Waals surface area contributed by atoms with Gasteiger partial charge < -0.3 is 24.2 Å². The second kappa shape index (κ2) is 16.8. The number of unbranched alkanes of at least 4 members (excludes halogenated alkanes) is 5. The Hall–Kier alpha value is -1.83. The van der Waals surface area contributed by atoms with Gasteiger partial charge in [0.2, 0.25) is 0 Å². The van der Waals surface area contributed by atoms with Crippen LogP contribution in [0.25, 0.3) is 0 Å². The van der Waals surface area contributed by atoms with Crippen LogP contribution in [0.5, 0.6) is 0 Å².